The number of fused-ring (bicyclic) bond motifs is 2. The fourth-order valence-electron chi connectivity index (χ4n) is 5.54. The van der Waals surface area contributed by atoms with Crippen LogP contribution in [0.5, 0.6) is 0 Å². The molecule has 178 valence electrons. The van der Waals surface area contributed by atoms with E-state index >= 15 is 4.39 Å². The van der Waals surface area contributed by atoms with Crippen LogP contribution in [0.1, 0.15) is 38.4 Å². The van der Waals surface area contributed by atoms with Crippen LogP contribution in [0.4, 0.5) is 10.1 Å². The summed E-state index contributed by atoms with van der Waals surface area (Å²) in [5, 5.41) is 17.3. The molecule has 1 saturated heterocycles. The Hall–Kier alpha value is -1.85. The number of nitrogens with zero attached hydrogens (tertiary/aromatic N) is 4. The molecule has 0 unspecified atom stereocenters. The molecular formula is C24H30FIN4O3. The number of amides is 1. The number of anilines is 1. The lowest BCUT2D eigenvalue weighted by Crippen LogP contribution is -2.45. The summed E-state index contributed by atoms with van der Waals surface area (Å²) in [6.45, 7) is 9.71. The lowest BCUT2D eigenvalue weighted by Gasteiger charge is -2.32. The number of hydrogen-bond donors (Lipinski definition) is 1. The number of aliphatic hydroxyl groups excluding tert-OH is 1. The van der Waals surface area contributed by atoms with Crippen LogP contribution in [-0.4, -0.2) is 50.9 Å². The number of benzene rings is 1. The first kappa shape index (κ1) is 24.3. The first-order valence-corrected chi connectivity index (χ1v) is 12.3. The third-order valence-corrected chi connectivity index (χ3v) is 7.50. The van der Waals surface area contributed by atoms with Crippen molar-refractivity contribution in [3.05, 3.63) is 51.9 Å². The first-order chi connectivity index (χ1) is 15.6. The summed E-state index contributed by atoms with van der Waals surface area (Å²) in [5.41, 5.74) is -0.481. The van der Waals surface area contributed by atoms with E-state index in [0.29, 0.717) is 31.6 Å². The number of alkyl halides is 1. The predicted octanol–water partition coefficient (Wildman–Crippen LogP) is 3.63. The summed E-state index contributed by atoms with van der Waals surface area (Å²) in [6, 6.07) is 5.88. The molecule has 1 amide bonds. The Balaban J connectivity index is 1.70. The Kier molecular flexibility index (Phi) is 6.67. The molecule has 4 rings (SSSR count). The molecule has 33 heavy (non-hydrogen) atoms. The molecule has 0 aliphatic carbocycles. The highest BCUT2D eigenvalue weighted by Gasteiger charge is 2.65. The standard InChI is InChI=1S/C24H30FIN4O3/c1-5-10-30-19-7-6-16(26)13-18(19)24(22(30)32)15(2)21(23(3,4)25)20(33-24)8-11-29-14-17(9-12-31)27-28-29/h5-7,13-15,20-21,31H,1,8-12H2,2-4H3/t15-,20+,21-,24+/m0/s1. The van der Waals surface area contributed by atoms with Crippen molar-refractivity contribution >= 4 is 34.2 Å². The average Bonchev–Trinajstić information content (AvgIpc) is 3.38. The van der Waals surface area contributed by atoms with Gasteiger partial charge in [-0.25, -0.2) is 4.39 Å². The van der Waals surface area contributed by atoms with Gasteiger partial charge in [-0.1, -0.05) is 18.2 Å². The lowest BCUT2D eigenvalue weighted by molar-refractivity contribution is -0.146. The van der Waals surface area contributed by atoms with Gasteiger partial charge < -0.3 is 14.7 Å². The van der Waals surface area contributed by atoms with Crippen LogP contribution in [0.3, 0.4) is 0 Å². The number of ether oxygens (including phenoxy) is 1. The number of rotatable bonds is 8. The third-order valence-electron chi connectivity index (χ3n) is 6.83. The predicted molar refractivity (Wildman–Crippen MR) is 132 cm³/mol. The Morgan fingerprint density at radius 2 is 2.18 bits per heavy atom. The number of aryl methyl sites for hydroxylation is 1. The molecule has 1 N–H and O–H groups in total. The lowest BCUT2D eigenvalue weighted by atomic mass is 9.71. The summed E-state index contributed by atoms with van der Waals surface area (Å²) < 4.78 is 24.9. The van der Waals surface area contributed by atoms with Crippen LogP contribution in [0.2, 0.25) is 0 Å². The molecular weight excluding hydrogens is 538 g/mol. The van der Waals surface area contributed by atoms with Gasteiger partial charge in [0, 0.05) is 53.3 Å². The van der Waals surface area contributed by atoms with E-state index in [2.05, 4.69) is 39.5 Å². The highest BCUT2D eigenvalue weighted by atomic mass is 127. The summed E-state index contributed by atoms with van der Waals surface area (Å²) in [5.74, 6) is -1.02. The average molecular weight is 568 g/mol. The maximum absolute atomic E-state index is 15.6. The molecule has 7 nitrogen and oxygen atoms in total. The van der Waals surface area contributed by atoms with Crippen LogP contribution < -0.4 is 4.90 Å². The molecule has 1 fully saturated rings. The van der Waals surface area contributed by atoms with Gasteiger partial charge in [-0.15, -0.1) is 11.7 Å². The van der Waals surface area contributed by atoms with Gasteiger partial charge in [-0.3, -0.25) is 9.48 Å². The molecule has 0 saturated carbocycles. The van der Waals surface area contributed by atoms with Crippen molar-refractivity contribution in [1.29, 1.82) is 0 Å². The van der Waals surface area contributed by atoms with E-state index in [0.717, 1.165) is 14.8 Å². The van der Waals surface area contributed by atoms with E-state index in [1.165, 1.54) is 0 Å². The van der Waals surface area contributed by atoms with Gasteiger partial charge in [-0.05, 0) is 61.1 Å². The number of halogens is 2. The summed E-state index contributed by atoms with van der Waals surface area (Å²) in [7, 11) is 0. The molecule has 1 aromatic carbocycles. The van der Waals surface area contributed by atoms with Gasteiger partial charge >= 0.3 is 0 Å². The van der Waals surface area contributed by atoms with Crippen LogP contribution in [0.25, 0.3) is 0 Å². The van der Waals surface area contributed by atoms with E-state index in [1.54, 1.807) is 35.7 Å². The van der Waals surface area contributed by atoms with Gasteiger partial charge in [0.2, 0.25) is 0 Å². The molecule has 2 aromatic rings. The van der Waals surface area contributed by atoms with Crippen molar-refractivity contribution in [3.8, 4) is 0 Å². The fourth-order valence-corrected chi connectivity index (χ4v) is 6.03. The molecule has 2 aliphatic heterocycles. The van der Waals surface area contributed by atoms with E-state index in [9.17, 15) is 4.79 Å². The second kappa shape index (κ2) is 9.07. The topological polar surface area (TPSA) is 80.5 Å². The van der Waals surface area contributed by atoms with Gasteiger partial charge in [0.05, 0.1) is 17.5 Å². The van der Waals surface area contributed by atoms with Crippen LogP contribution in [0, 0.1) is 15.4 Å². The van der Waals surface area contributed by atoms with Crippen molar-refractivity contribution in [2.24, 2.45) is 11.8 Å². The molecule has 4 atom stereocenters. The Labute approximate surface area is 207 Å². The van der Waals surface area contributed by atoms with Crippen LogP contribution >= 0.6 is 22.6 Å². The zero-order valence-electron chi connectivity index (χ0n) is 19.2. The van der Waals surface area contributed by atoms with Crippen molar-refractivity contribution in [2.45, 2.75) is 57.5 Å². The normalized spacial score (nSPS) is 26.9. The molecule has 2 aliphatic rings. The summed E-state index contributed by atoms with van der Waals surface area (Å²) >= 11 is 2.23. The Bertz CT molecular complexity index is 1050. The third kappa shape index (κ3) is 4.12. The number of aliphatic hydroxyl groups is 1. The van der Waals surface area contributed by atoms with Gasteiger partial charge in [0.25, 0.3) is 5.91 Å². The second-order valence-corrected chi connectivity index (χ2v) is 10.6. The minimum absolute atomic E-state index is 0.00408. The molecule has 0 bridgehead atoms. The number of carbonyl (C=O) groups is 1. The zero-order chi connectivity index (χ0) is 24.0. The Morgan fingerprint density at radius 3 is 2.85 bits per heavy atom. The highest BCUT2D eigenvalue weighted by molar-refractivity contribution is 14.1. The van der Waals surface area contributed by atoms with E-state index in [4.69, 9.17) is 9.84 Å². The number of carbonyl (C=O) groups excluding carboxylic acids is 1. The van der Waals surface area contributed by atoms with Crippen molar-refractivity contribution in [2.75, 3.05) is 18.1 Å². The zero-order valence-corrected chi connectivity index (χ0v) is 21.3. The largest absolute Gasteiger partial charge is 0.396 e. The minimum Gasteiger partial charge on any atom is -0.396 e. The van der Waals surface area contributed by atoms with E-state index in [1.807, 2.05) is 25.1 Å². The summed E-state index contributed by atoms with van der Waals surface area (Å²) in [4.78, 5) is 15.5. The van der Waals surface area contributed by atoms with Crippen LogP contribution in [-0.2, 0) is 28.1 Å². The number of hydrogen-bond acceptors (Lipinski definition) is 5. The van der Waals surface area contributed by atoms with Gasteiger partial charge in [-0.2, -0.15) is 0 Å². The smallest absolute Gasteiger partial charge is 0.264 e. The maximum atomic E-state index is 15.6. The quantitative estimate of drug-likeness (QED) is 0.389. The van der Waals surface area contributed by atoms with Crippen molar-refractivity contribution in [1.82, 2.24) is 15.0 Å². The highest BCUT2D eigenvalue weighted by Crippen LogP contribution is 2.58. The van der Waals surface area contributed by atoms with Crippen LogP contribution in [0.15, 0.2) is 37.1 Å². The molecule has 0 radical (unpaired) electrons. The number of aromatic nitrogens is 3. The Morgan fingerprint density at radius 1 is 1.42 bits per heavy atom. The molecule has 3 heterocycles. The van der Waals surface area contributed by atoms with E-state index < -0.39 is 23.3 Å². The first-order valence-electron chi connectivity index (χ1n) is 11.2. The van der Waals surface area contributed by atoms with Gasteiger partial charge in [0.15, 0.2) is 5.60 Å². The van der Waals surface area contributed by atoms with Crippen molar-refractivity contribution < 1.29 is 19.0 Å². The van der Waals surface area contributed by atoms with E-state index in [-0.39, 0.29) is 18.4 Å². The molecule has 9 heteroatoms. The maximum Gasteiger partial charge on any atom is 0.264 e. The molecule has 1 spiro atoms. The summed E-state index contributed by atoms with van der Waals surface area (Å²) in [6.07, 6.45) is 3.91. The van der Waals surface area contributed by atoms with Gasteiger partial charge in [0.1, 0.15) is 5.67 Å². The van der Waals surface area contributed by atoms with Crippen molar-refractivity contribution in [3.63, 3.8) is 0 Å². The molecule has 1 aromatic heterocycles. The fraction of sp³-hybridized carbons (Fsp3) is 0.542. The SMILES string of the molecule is C=CCN1C(=O)[C@]2(O[C@H](CCn3cc(CCO)nn3)[C@@H](C(C)(C)F)[C@@H]2C)c2cc(I)ccc21. The minimum atomic E-state index is -1.55. The monoisotopic (exact) mass is 568 g/mol. The second-order valence-electron chi connectivity index (χ2n) is 9.37.